The summed E-state index contributed by atoms with van der Waals surface area (Å²) in [6, 6.07) is 18.7. The number of ether oxygens (including phenoxy) is 1. The predicted octanol–water partition coefficient (Wildman–Crippen LogP) is 6.29. The Hall–Kier alpha value is -3.95. The van der Waals surface area contributed by atoms with Gasteiger partial charge in [0.25, 0.3) is 0 Å². The highest BCUT2D eigenvalue weighted by Crippen LogP contribution is 2.42. The number of nitrogens with one attached hydrogen (secondary N) is 2. The van der Waals surface area contributed by atoms with Crippen molar-refractivity contribution >= 4 is 40.5 Å². The average molecular weight is 578 g/mol. The second kappa shape index (κ2) is 11.7. The van der Waals surface area contributed by atoms with Gasteiger partial charge in [-0.3, -0.25) is 9.78 Å². The number of halogens is 2. The zero-order valence-corrected chi connectivity index (χ0v) is 23.9. The number of nitrogens with zero attached hydrogens (tertiary/aromatic N) is 3. The molecule has 0 unspecified atom stereocenters. The third kappa shape index (κ3) is 5.52. The summed E-state index contributed by atoms with van der Waals surface area (Å²) in [6.45, 7) is 4.46. The molecule has 1 saturated heterocycles. The highest BCUT2D eigenvalue weighted by Gasteiger charge is 2.41. The fourth-order valence-corrected chi connectivity index (χ4v) is 5.76. The largest absolute Gasteiger partial charge is 0.495 e. The van der Waals surface area contributed by atoms with Gasteiger partial charge in [0.15, 0.2) is 5.11 Å². The average Bonchev–Trinajstić information content (AvgIpc) is 3.43. The Balaban J connectivity index is 1.49. The molecule has 1 fully saturated rings. The Labute approximate surface area is 242 Å². The molecular formula is C30H29ClFN5O2S. The van der Waals surface area contributed by atoms with Gasteiger partial charge in [0.05, 0.1) is 30.6 Å². The van der Waals surface area contributed by atoms with Crippen LogP contribution in [0.5, 0.6) is 5.75 Å². The third-order valence-electron chi connectivity index (χ3n) is 7.08. The first kappa shape index (κ1) is 27.6. The van der Waals surface area contributed by atoms with Crippen LogP contribution in [0.1, 0.15) is 41.1 Å². The molecule has 2 aromatic heterocycles. The van der Waals surface area contributed by atoms with Crippen molar-refractivity contribution in [2.24, 2.45) is 0 Å². The molecule has 0 bridgehead atoms. The zero-order valence-electron chi connectivity index (χ0n) is 22.3. The summed E-state index contributed by atoms with van der Waals surface area (Å²) in [5.41, 5.74) is 5.26. The SMILES string of the molecule is COc1ccc(Cl)cc1-n1c(C)cc([C@H]2[C@@H](c3ccccn3)NC(=S)N2CCC(=O)Nc2ccc(F)cc2)c1C. The number of carbonyl (C=O) groups is 1. The van der Waals surface area contributed by atoms with Crippen LogP contribution in [0.15, 0.2) is 72.9 Å². The maximum atomic E-state index is 13.3. The van der Waals surface area contributed by atoms with E-state index in [-0.39, 0.29) is 30.2 Å². The molecular weight excluding hydrogens is 549 g/mol. The minimum absolute atomic E-state index is 0.186. The maximum absolute atomic E-state index is 13.3. The van der Waals surface area contributed by atoms with Gasteiger partial charge in [-0.2, -0.15) is 0 Å². The van der Waals surface area contributed by atoms with E-state index in [1.807, 2.05) is 42.2 Å². The zero-order chi connectivity index (χ0) is 28.4. The Morgan fingerprint density at radius 1 is 1.15 bits per heavy atom. The second-order valence-electron chi connectivity index (χ2n) is 9.60. The Morgan fingerprint density at radius 2 is 1.93 bits per heavy atom. The van der Waals surface area contributed by atoms with E-state index in [9.17, 15) is 9.18 Å². The van der Waals surface area contributed by atoms with Crippen LogP contribution < -0.4 is 15.4 Å². The number of amides is 1. The molecule has 0 radical (unpaired) electrons. The topological polar surface area (TPSA) is 71.4 Å². The van der Waals surface area contributed by atoms with Gasteiger partial charge in [-0.05, 0) is 92.3 Å². The van der Waals surface area contributed by atoms with Crippen LogP contribution in [0.3, 0.4) is 0 Å². The van der Waals surface area contributed by atoms with Gasteiger partial charge in [0.1, 0.15) is 11.6 Å². The molecule has 40 heavy (non-hydrogen) atoms. The molecule has 1 aliphatic rings. The molecule has 4 aromatic rings. The quantitative estimate of drug-likeness (QED) is 0.240. The first-order chi connectivity index (χ1) is 19.3. The highest BCUT2D eigenvalue weighted by molar-refractivity contribution is 7.80. The van der Waals surface area contributed by atoms with Crippen LogP contribution in [-0.4, -0.2) is 39.1 Å². The summed E-state index contributed by atoms with van der Waals surface area (Å²) in [4.78, 5) is 19.5. The van der Waals surface area contributed by atoms with E-state index in [4.69, 9.17) is 28.6 Å². The first-order valence-electron chi connectivity index (χ1n) is 12.8. The van der Waals surface area contributed by atoms with E-state index >= 15 is 0 Å². The predicted molar refractivity (Wildman–Crippen MR) is 159 cm³/mol. The molecule has 1 amide bonds. The van der Waals surface area contributed by atoms with E-state index in [1.165, 1.54) is 24.3 Å². The van der Waals surface area contributed by atoms with Crippen molar-refractivity contribution in [3.63, 3.8) is 0 Å². The summed E-state index contributed by atoms with van der Waals surface area (Å²) < 4.78 is 21.0. The number of hydrogen-bond donors (Lipinski definition) is 2. The number of rotatable bonds is 8. The van der Waals surface area contributed by atoms with Crippen molar-refractivity contribution in [1.29, 1.82) is 0 Å². The standard InChI is InChI=1S/C30H29ClFN5O2S/c1-18-16-23(19(2)37(18)25-17-20(31)7-12-26(25)39-3)29-28(24-6-4-5-14-33-24)35-30(40)36(29)15-13-27(38)34-22-10-8-21(32)9-11-22/h4-12,14,16-17,28-29H,13,15H2,1-3H3,(H,34,38)(H,35,40)/t28-,29+/m1/s1. The minimum Gasteiger partial charge on any atom is -0.495 e. The summed E-state index contributed by atoms with van der Waals surface area (Å²) >= 11 is 12.2. The number of thiocarbonyl (C=S) groups is 1. The van der Waals surface area contributed by atoms with Gasteiger partial charge in [0.2, 0.25) is 5.91 Å². The Kier molecular flexibility index (Phi) is 8.04. The number of anilines is 1. The van der Waals surface area contributed by atoms with Crippen molar-refractivity contribution in [3.05, 3.63) is 106 Å². The molecule has 0 aliphatic carbocycles. The third-order valence-corrected chi connectivity index (χ3v) is 7.66. The fraction of sp³-hybridized carbons (Fsp3) is 0.233. The number of methoxy groups -OCH3 is 1. The van der Waals surface area contributed by atoms with Crippen LogP contribution in [0.25, 0.3) is 5.69 Å². The number of aryl methyl sites for hydroxylation is 1. The maximum Gasteiger partial charge on any atom is 0.226 e. The molecule has 2 aromatic carbocycles. The number of benzene rings is 2. The minimum atomic E-state index is -0.358. The van der Waals surface area contributed by atoms with Crippen LogP contribution in [-0.2, 0) is 4.79 Å². The van der Waals surface area contributed by atoms with Gasteiger partial charge in [0, 0.05) is 41.3 Å². The van der Waals surface area contributed by atoms with Crippen LogP contribution >= 0.6 is 23.8 Å². The number of aromatic nitrogens is 2. The van der Waals surface area contributed by atoms with Crippen LogP contribution in [0.2, 0.25) is 5.02 Å². The van der Waals surface area contributed by atoms with Crippen molar-refractivity contribution in [3.8, 4) is 11.4 Å². The lowest BCUT2D eigenvalue weighted by atomic mass is 9.96. The van der Waals surface area contributed by atoms with Crippen molar-refractivity contribution in [2.45, 2.75) is 32.4 Å². The normalized spacial score (nSPS) is 16.6. The summed E-state index contributed by atoms with van der Waals surface area (Å²) in [6.07, 6.45) is 1.95. The molecule has 1 aliphatic heterocycles. The van der Waals surface area contributed by atoms with Crippen molar-refractivity contribution in [2.75, 3.05) is 19.0 Å². The van der Waals surface area contributed by atoms with Crippen LogP contribution in [0, 0.1) is 19.7 Å². The van der Waals surface area contributed by atoms with E-state index < -0.39 is 0 Å². The molecule has 2 atom stereocenters. The molecule has 0 saturated carbocycles. The molecule has 3 heterocycles. The van der Waals surface area contributed by atoms with E-state index in [2.05, 4.69) is 33.2 Å². The van der Waals surface area contributed by atoms with E-state index in [1.54, 1.807) is 19.4 Å². The van der Waals surface area contributed by atoms with Gasteiger partial charge in [-0.15, -0.1) is 0 Å². The highest BCUT2D eigenvalue weighted by atomic mass is 35.5. The van der Waals surface area contributed by atoms with E-state index in [0.717, 1.165) is 28.3 Å². The lowest BCUT2D eigenvalue weighted by molar-refractivity contribution is -0.116. The van der Waals surface area contributed by atoms with Crippen molar-refractivity contribution < 1.29 is 13.9 Å². The van der Waals surface area contributed by atoms with Gasteiger partial charge in [-0.1, -0.05) is 17.7 Å². The molecule has 10 heteroatoms. The van der Waals surface area contributed by atoms with E-state index in [0.29, 0.717) is 28.1 Å². The number of pyridine rings is 1. The lowest BCUT2D eigenvalue weighted by Crippen LogP contribution is -2.32. The van der Waals surface area contributed by atoms with Gasteiger partial charge in [-0.25, -0.2) is 4.39 Å². The van der Waals surface area contributed by atoms with Gasteiger partial charge >= 0.3 is 0 Å². The smallest absolute Gasteiger partial charge is 0.226 e. The summed E-state index contributed by atoms with van der Waals surface area (Å²) in [5.74, 6) is 0.153. The number of carbonyl (C=O) groups excluding carboxylic acids is 1. The molecule has 5 rings (SSSR count). The second-order valence-corrected chi connectivity index (χ2v) is 10.4. The van der Waals surface area contributed by atoms with Crippen LogP contribution in [0.4, 0.5) is 10.1 Å². The fourth-order valence-electron chi connectivity index (χ4n) is 5.26. The van der Waals surface area contributed by atoms with Crippen molar-refractivity contribution in [1.82, 2.24) is 19.8 Å². The lowest BCUT2D eigenvalue weighted by Gasteiger charge is -2.28. The first-order valence-corrected chi connectivity index (χ1v) is 13.6. The summed E-state index contributed by atoms with van der Waals surface area (Å²) in [5, 5.41) is 7.42. The Morgan fingerprint density at radius 3 is 2.62 bits per heavy atom. The monoisotopic (exact) mass is 577 g/mol. The van der Waals surface area contributed by atoms with Gasteiger partial charge < -0.3 is 24.8 Å². The molecule has 206 valence electrons. The molecule has 2 N–H and O–H groups in total. The summed E-state index contributed by atoms with van der Waals surface area (Å²) in [7, 11) is 1.64. The molecule has 0 spiro atoms. The molecule has 7 nitrogen and oxygen atoms in total. The number of hydrogen-bond acceptors (Lipinski definition) is 4. The Bertz CT molecular complexity index is 1540.